The van der Waals surface area contributed by atoms with Crippen molar-refractivity contribution in [3.8, 4) is 11.1 Å². The number of rotatable bonds is 5. The van der Waals surface area contributed by atoms with Gasteiger partial charge in [0.25, 0.3) is 17.1 Å². The number of nitro groups is 3. The Labute approximate surface area is 195 Å². The van der Waals surface area contributed by atoms with Crippen LogP contribution in [0.3, 0.4) is 0 Å². The number of methoxy groups -OCH3 is 1. The van der Waals surface area contributed by atoms with Gasteiger partial charge in [0.2, 0.25) is 0 Å². The molecule has 0 amide bonds. The summed E-state index contributed by atoms with van der Waals surface area (Å²) in [5.74, 6) is -0.953. The maximum Gasteiger partial charge on any atom is 0.338 e. The topological polar surface area (TPSA) is 156 Å². The molecule has 12 heteroatoms. The first-order chi connectivity index (χ1) is 16.1. The number of non-ortho nitro benzene ring substituents is 2. The molecule has 4 rings (SSSR count). The third-order valence-corrected chi connectivity index (χ3v) is 5.51. The van der Waals surface area contributed by atoms with Crippen LogP contribution in [0.4, 0.5) is 17.1 Å². The highest BCUT2D eigenvalue weighted by Gasteiger charge is 2.38. The van der Waals surface area contributed by atoms with Gasteiger partial charge in [0.15, 0.2) is 0 Å². The molecule has 34 heavy (non-hydrogen) atoms. The van der Waals surface area contributed by atoms with Crippen molar-refractivity contribution in [2.24, 2.45) is 0 Å². The lowest BCUT2D eigenvalue weighted by Gasteiger charge is -2.08. The number of nitro benzene ring substituents is 3. The van der Waals surface area contributed by atoms with Crippen LogP contribution >= 0.6 is 11.6 Å². The number of ether oxygens (including phenoxy) is 1. The van der Waals surface area contributed by atoms with Crippen molar-refractivity contribution in [3.63, 3.8) is 0 Å². The molecule has 0 heterocycles. The van der Waals surface area contributed by atoms with E-state index in [4.69, 9.17) is 16.3 Å². The molecule has 3 aromatic carbocycles. The minimum absolute atomic E-state index is 0.0225. The number of carbonyl (C=O) groups excluding carboxylic acids is 1. The van der Waals surface area contributed by atoms with Crippen LogP contribution in [0.25, 0.3) is 22.8 Å². The van der Waals surface area contributed by atoms with Crippen molar-refractivity contribution >= 4 is 46.3 Å². The Morgan fingerprint density at radius 3 is 1.94 bits per heavy atom. The Morgan fingerprint density at radius 2 is 1.41 bits per heavy atom. The van der Waals surface area contributed by atoms with Gasteiger partial charge < -0.3 is 4.74 Å². The molecule has 0 saturated carbocycles. The Morgan fingerprint density at radius 1 is 0.853 bits per heavy atom. The van der Waals surface area contributed by atoms with Crippen molar-refractivity contribution in [1.29, 1.82) is 0 Å². The Bertz CT molecular complexity index is 1450. The zero-order valence-electron chi connectivity index (χ0n) is 17.2. The molecule has 0 saturated heterocycles. The highest BCUT2D eigenvalue weighted by atomic mass is 35.5. The van der Waals surface area contributed by atoms with Gasteiger partial charge in [-0.2, -0.15) is 0 Å². The second kappa shape index (κ2) is 8.37. The highest BCUT2D eigenvalue weighted by molar-refractivity contribution is 6.30. The molecule has 0 unspecified atom stereocenters. The van der Waals surface area contributed by atoms with E-state index in [1.165, 1.54) is 6.07 Å². The van der Waals surface area contributed by atoms with E-state index < -0.39 is 37.8 Å². The lowest BCUT2D eigenvalue weighted by molar-refractivity contribution is -0.393. The molecular formula is C22H12ClN3O8. The van der Waals surface area contributed by atoms with Crippen LogP contribution in [0, 0.1) is 30.3 Å². The van der Waals surface area contributed by atoms with Gasteiger partial charge in [-0.05, 0) is 34.9 Å². The van der Waals surface area contributed by atoms with Gasteiger partial charge in [0.1, 0.15) is 0 Å². The van der Waals surface area contributed by atoms with E-state index >= 15 is 0 Å². The predicted octanol–water partition coefficient (Wildman–Crippen LogP) is 5.42. The molecule has 11 nitrogen and oxygen atoms in total. The van der Waals surface area contributed by atoms with Gasteiger partial charge in [0.05, 0.1) is 39.1 Å². The summed E-state index contributed by atoms with van der Waals surface area (Å²) < 4.78 is 4.77. The largest absolute Gasteiger partial charge is 0.465 e. The second-order valence-corrected chi connectivity index (χ2v) is 7.61. The van der Waals surface area contributed by atoms with Gasteiger partial charge in [-0.1, -0.05) is 23.7 Å². The highest BCUT2D eigenvalue weighted by Crippen LogP contribution is 2.53. The SMILES string of the molecule is COC(=O)c1cc([N+](=O)[O-])cc2c1-c1c(cc([N+](=O)[O-])cc1[N+](=O)[O-])/C2=C\c1ccc(Cl)cc1. The number of hydrogen-bond donors (Lipinski definition) is 0. The smallest absolute Gasteiger partial charge is 0.338 e. The summed E-state index contributed by atoms with van der Waals surface area (Å²) in [5, 5.41) is 35.4. The third-order valence-electron chi connectivity index (χ3n) is 5.26. The van der Waals surface area contributed by atoms with Crippen LogP contribution in [-0.2, 0) is 4.74 Å². The van der Waals surface area contributed by atoms with Crippen LogP contribution in [0.5, 0.6) is 0 Å². The van der Waals surface area contributed by atoms with Gasteiger partial charge in [-0.25, -0.2) is 4.79 Å². The zero-order chi connectivity index (χ0) is 24.7. The van der Waals surface area contributed by atoms with Crippen LogP contribution in [0.2, 0.25) is 5.02 Å². The molecular weight excluding hydrogens is 470 g/mol. The summed E-state index contributed by atoms with van der Waals surface area (Å²) in [6, 6.07) is 10.5. The van der Waals surface area contributed by atoms with Crippen molar-refractivity contribution in [3.05, 3.63) is 106 Å². The molecule has 170 valence electrons. The summed E-state index contributed by atoms with van der Waals surface area (Å²) in [6.07, 6.45) is 1.55. The van der Waals surface area contributed by atoms with Crippen LogP contribution in [-0.4, -0.2) is 27.8 Å². The first kappa shape index (κ1) is 22.6. The van der Waals surface area contributed by atoms with Crippen molar-refractivity contribution in [2.45, 2.75) is 0 Å². The summed E-state index contributed by atoms with van der Waals surface area (Å²) >= 11 is 5.93. The first-order valence-corrected chi connectivity index (χ1v) is 9.86. The van der Waals surface area contributed by atoms with Gasteiger partial charge in [0, 0.05) is 34.3 Å². The fourth-order valence-electron chi connectivity index (χ4n) is 3.85. The van der Waals surface area contributed by atoms with Crippen molar-refractivity contribution < 1.29 is 24.3 Å². The molecule has 1 aliphatic carbocycles. The molecule has 0 N–H and O–H groups in total. The molecule has 1 aliphatic rings. The zero-order valence-corrected chi connectivity index (χ0v) is 17.9. The molecule has 0 bridgehead atoms. The molecule has 0 aliphatic heterocycles. The van der Waals surface area contributed by atoms with E-state index in [1.54, 1.807) is 30.3 Å². The monoisotopic (exact) mass is 481 g/mol. The van der Waals surface area contributed by atoms with E-state index in [2.05, 4.69) is 0 Å². The standard InChI is InChI=1S/C22H12ClN3O8/c1-34-22(27)18-9-13(24(28)29)7-16-15(6-11-2-4-12(23)5-3-11)17-8-14(25(30)31)10-19(26(32)33)21(17)20(16)18/h2-10H,1H3/b15-6-. The van der Waals surface area contributed by atoms with Crippen molar-refractivity contribution in [1.82, 2.24) is 0 Å². The first-order valence-electron chi connectivity index (χ1n) is 9.48. The Hall–Kier alpha value is -4.64. The summed E-state index contributed by atoms with van der Waals surface area (Å²) in [5.41, 5.74) is -0.935. The maximum absolute atomic E-state index is 12.6. The van der Waals surface area contributed by atoms with Crippen LogP contribution in [0.1, 0.15) is 27.0 Å². The lowest BCUT2D eigenvalue weighted by Crippen LogP contribution is -2.06. The maximum atomic E-state index is 12.6. The lowest BCUT2D eigenvalue weighted by atomic mass is 9.96. The number of halogens is 1. The summed E-state index contributed by atoms with van der Waals surface area (Å²) in [7, 11) is 1.07. The number of fused-ring (bicyclic) bond motifs is 3. The predicted molar refractivity (Wildman–Crippen MR) is 122 cm³/mol. The third kappa shape index (κ3) is 3.73. The van der Waals surface area contributed by atoms with E-state index in [0.29, 0.717) is 10.6 Å². The summed E-state index contributed by atoms with van der Waals surface area (Å²) in [4.78, 5) is 45.2. The Balaban J connectivity index is 2.18. The number of benzene rings is 3. The molecule has 0 radical (unpaired) electrons. The molecule has 0 aromatic heterocycles. The van der Waals surface area contributed by atoms with E-state index in [0.717, 1.165) is 25.3 Å². The normalized spacial score (nSPS) is 12.7. The quantitative estimate of drug-likeness (QED) is 0.208. The number of hydrogen-bond acceptors (Lipinski definition) is 8. The molecule has 0 spiro atoms. The molecule has 3 aromatic rings. The van der Waals surface area contributed by atoms with Crippen LogP contribution < -0.4 is 0 Å². The fraction of sp³-hybridized carbons (Fsp3) is 0.0455. The number of esters is 1. The van der Waals surface area contributed by atoms with E-state index in [1.807, 2.05) is 0 Å². The molecule has 0 fully saturated rings. The summed E-state index contributed by atoms with van der Waals surface area (Å²) in [6.45, 7) is 0. The second-order valence-electron chi connectivity index (χ2n) is 7.18. The minimum atomic E-state index is -0.953. The van der Waals surface area contributed by atoms with Gasteiger partial charge in [-0.3, -0.25) is 30.3 Å². The Kier molecular flexibility index (Phi) is 5.55. The van der Waals surface area contributed by atoms with Gasteiger partial charge in [-0.15, -0.1) is 0 Å². The average Bonchev–Trinajstić information content (AvgIpc) is 3.11. The van der Waals surface area contributed by atoms with E-state index in [9.17, 15) is 35.1 Å². The fourth-order valence-corrected chi connectivity index (χ4v) is 3.97. The number of nitrogens with zero attached hydrogens (tertiary/aromatic N) is 3. The minimum Gasteiger partial charge on any atom is -0.465 e. The van der Waals surface area contributed by atoms with E-state index in [-0.39, 0.29) is 33.4 Å². The van der Waals surface area contributed by atoms with Crippen molar-refractivity contribution in [2.75, 3.05) is 7.11 Å². The van der Waals surface area contributed by atoms with Gasteiger partial charge >= 0.3 is 5.97 Å². The molecule has 0 atom stereocenters. The number of carbonyl (C=O) groups is 1. The average molecular weight is 482 g/mol. The van der Waals surface area contributed by atoms with Crippen LogP contribution in [0.15, 0.2) is 48.5 Å².